The van der Waals surface area contributed by atoms with Crippen LogP contribution >= 0.6 is 12.4 Å². The van der Waals surface area contributed by atoms with Crippen molar-refractivity contribution in [3.05, 3.63) is 29.8 Å². The van der Waals surface area contributed by atoms with Gasteiger partial charge in [0.05, 0.1) is 0 Å². The second-order valence-electron chi connectivity index (χ2n) is 5.46. The van der Waals surface area contributed by atoms with Gasteiger partial charge >= 0.3 is 0 Å². The van der Waals surface area contributed by atoms with Crippen molar-refractivity contribution in [2.45, 2.75) is 38.4 Å². The Balaban J connectivity index is 0.00000220. The van der Waals surface area contributed by atoms with Crippen molar-refractivity contribution in [2.24, 2.45) is 0 Å². The van der Waals surface area contributed by atoms with Gasteiger partial charge in [0.2, 0.25) is 0 Å². The lowest BCUT2D eigenvalue weighted by molar-refractivity contribution is -0.117. The standard InChI is InChI=1S/C16H23NO3.ClH/c1-11(8-12(2)18)13-4-6-14(7-5-13)20-16-10-17-9-15(16)19-3;/h4-7,11,15-17H,8-10H2,1-3H3;1H/t11-,15+,16?;/m1./s1. The maximum atomic E-state index is 11.1. The third-order valence-electron chi connectivity index (χ3n) is 3.74. The summed E-state index contributed by atoms with van der Waals surface area (Å²) in [5.74, 6) is 1.32. The number of nitrogens with one attached hydrogen (secondary N) is 1. The highest BCUT2D eigenvalue weighted by Gasteiger charge is 2.28. The molecule has 118 valence electrons. The molecule has 0 bridgehead atoms. The van der Waals surface area contributed by atoms with Crippen molar-refractivity contribution < 1.29 is 14.3 Å². The molecule has 1 fully saturated rings. The minimum Gasteiger partial charge on any atom is -0.486 e. The summed E-state index contributed by atoms with van der Waals surface area (Å²) in [7, 11) is 1.71. The minimum absolute atomic E-state index is 0. The molecule has 4 nitrogen and oxygen atoms in total. The smallest absolute Gasteiger partial charge is 0.138 e. The van der Waals surface area contributed by atoms with Gasteiger partial charge in [0.15, 0.2) is 0 Å². The summed E-state index contributed by atoms with van der Waals surface area (Å²) in [6.45, 7) is 5.33. The van der Waals surface area contributed by atoms with Crippen molar-refractivity contribution in [1.29, 1.82) is 0 Å². The van der Waals surface area contributed by atoms with E-state index in [-0.39, 0.29) is 36.3 Å². The Hall–Kier alpha value is -1.10. The number of halogens is 1. The normalized spacial score (nSPS) is 22.4. The van der Waals surface area contributed by atoms with E-state index in [1.54, 1.807) is 14.0 Å². The Morgan fingerprint density at radius 2 is 1.90 bits per heavy atom. The predicted molar refractivity (Wildman–Crippen MR) is 85.5 cm³/mol. The molecule has 21 heavy (non-hydrogen) atoms. The van der Waals surface area contributed by atoms with Gasteiger partial charge < -0.3 is 19.6 Å². The van der Waals surface area contributed by atoms with Crippen LogP contribution in [0.25, 0.3) is 0 Å². The Kier molecular flexibility index (Phi) is 7.15. The van der Waals surface area contributed by atoms with Crippen molar-refractivity contribution >= 4 is 18.2 Å². The lowest BCUT2D eigenvalue weighted by Crippen LogP contribution is -2.31. The first-order valence-corrected chi connectivity index (χ1v) is 7.09. The number of hydrogen-bond donors (Lipinski definition) is 1. The number of carbonyl (C=O) groups is 1. The van der Waals surface area contributed by atoms with Crippen LogP contribution in [-0.4, -0.2) is 38.2 Å². The molecular formula is C16H24ClNO3. The molecule has 1 N–H and O–H groups in total. The molecule has 0 aliphatic carbocycles. The zero-order valence-corrected chi connectivity index (χ0v) is 13.6. The van der Waals surface area contributed by atoms with E-state index in [1.807, 2.05) is 24.3 Å². The molecule has 1 saturated heterocycles. The Morgan fingerprint density at radius 1 is 1.29 bits per heavy atom. The van der Waals surface area contributed by atoms with Crippen LogP contribution in [0.3, 0.4) is 0 Å². The first-order chi connectivity index (χ1) is 9.60. The molecule has 3 atom stereocenters. The number of ketones is 1. The van der Waals surface area contributed by atoms with Gasteiger partial charge in [0.1, 0.15) is 23.7 Å². The van der Waals surface area contributed by atoms with E-state index in [4.69, 9.17) is 9.47 Å². The van der Waals surface area contributed by atoms with Crippen molar-refractivity contribution in [3.8, 4) is 5.75 Å². The molecule has 0 amide bonds. The number of rotatable bonds is 6. The molecule has 1 unspecified atom stereocenters. The van der Waals surface area contributed by atoms with Crippen LogP contribution in [0.1, 0.15) is 31.7 Å². The SMILES string of the molecule is CO[C@H]1CNCC1Oc1ccc([C@H](C)CC(C)=O)cc1.Cl. The van der Waals surface area contributed by atoms with Gasteiger partial charge in [-0.2, -0.15) is 0 Å². The van der Waals surface area contributed by atoms with Crippen LogP contribution in [0.15, 0.2) is 24.3 Å². The zero-order chi connectivity index (χ0) is 14.5. The largest absolute Gasteiger partial charge is 0.486 e. The van der Waals surface area contributed by atoms with E-state index in [1.165, 1.54) is 5.56 Å². The first-order valence-electron chi connectivity index (χ1n) is 7.09. The quantitative estimate of drug-likeness (QED) is 0.877. The number of methoxy groups -OCH3 is 1. The number of carbonyl (C=O) groups excluding carboxylic acids is 1. The molecular weight excluding hydrogens is 290 g/mol. The highest BCUT2D eigenvalue weighted by Crippen LogP contribution is 2.23. The van der Waals surface area contributed by atoms with Crippen LogP contribution in [0, 0.1) is 0 Å². The maximum absolute atomic E-state index is 11.1. The maximum Gasteiger partial charge on any atom is 0.138 e. The summed E-state index contributed by atoms with van der Waals surface area (Å²) in [5.41, 5.74) is 1.17. The van der Waals surface area contributed by atoms with E-state index >= 15 is 0 Å². The second-order valence-corrected chi connectivity index (χ2v) is 5.46. The zero-order valence-electron chi connectivity index (χ0n) is 12.8. The highest BCUT2D eigenvalue weighted by molar-refractivity contribution is 5.85. The molecule has 1 aliphatic heterocycles. The predicted octanol–water partition coefficient (Wildman–Crippen LogP) is 2.56. The summed E-state index contributed by atoms with van der Waals surface area (Å²) in [6, 6.07) is 8.01. The molecule has 1 aromatic rings. The Labute approximate surface area is 132 Å². The van der Waals surface area contributed by atoms with Gasteiger partial charge in [-0.25, -0.2) is 0 Å². The van der Waals surface area contributed by atoms with E-state index in [0.29, 0.717) is 6.42 Å². The van der Waals surface area contributed by atoms with Gasteiger partial charge in [-0.1, -0.05) is 19.1 Å². The Bertz CT molecular complexity index is 449. The fourth-order valence-electron chi connectivity index (χ4n) is 2.58. The van der Waals surface area contributed by atoms with Crippen LogP contribution < -0.4 is 10.1 Å². The molecule has 0 saturated carbocycles. The van der Waals surface area contributed by atoms with Crippen LogP contribution in [-0.2, 0) is 9.53 Å². The fraction of sp³-hybridized carbons (Fsp3) is 0.562. The third kappa shape index (κ3) is 4.99. The minimum atomic E-state index is 0. The summed E-state index contributed by atoms with van der Waals surface area (Å²) in [5, 5.41) is 3.26. The molecule has 5 heteroatoms. The topological polar surface area (TPSA) is 47.6 Å². The monoisotopic (exact) mass is 313 g/mol. The van der Waals surface area contributed by atoms with Crippen molar-refractivity contribution in [2.75, 3.05) is 20.2 Å². The van der Waals surface area contributed by atoms with E-state index in [2.05, 4.69) is 12.2 Å². The summed E-state index contributed by atoms with van der Waals surface area (Å²) >= 11 is 0. The Morgan fingerprint density at radius 3 is 2.48 bits per heavy atom. The molecule has 1 aromatic carbocycles. The average molecular weight is 314 g/mol. The summed E-state index contributed by atoms with van der Waals surface area (Å²) in [4.78, 5) is 11.1. The first kappa shape index (κ1) is 18.0. The van der Waals surface area contributed by atoms with E-state index < -0.39 is 0 Å². The molecule has 0 spiro atoms. The van der Waals surface area contributed by atoms with E-state index in [9.17, 15) is 4.79 Å². The fourth-order valence-corrected chi connectivity index (χ4v) is 2.58. The summed E-state index contributed by atoms with van der Waals surface area (Å²) in [6.07, 6.45) is 0.741. The van der Waals surface area contributed by atoms with Gasteiger partial charge in [-0.05, 0) is 30.5 Å². The molecule has 0 aromatic heterocycles. The summed E-state index contributed by atoms with van der Waals surface area (Å²) < 4.78 is 11.3. The van der Waals surface area contributed by atoms with Gasteiger partial charge in [-0.15, -0.1) is 12.4 Å². The highest BCUT2D eigenvalue weighted by atomic mass is 35.5. The number of benzene rings is 1. The lowest BCUT2D eigenvalue weighted by Gasteiger charge is -2.19. The molecule has 1 heterocycles. The van der Waals surface area contributed by atoms with Crippen LogP contribution in [0.2, 0.25) is 0 Å². The van der Waals surface area contributed by atoms with Crippen LogP contribution in [0.5, 0.6) is 5.75 Å². The number of ether oxygens (including phenoxy) is 2. The average Bonchev–Trinajstić information content (AvgIpc) is 2.86. The number of Topliss-reactive ketones (excluding diaryl/α,β-unsaturated/α-hetero) is 1. The second kappa shape index (κ2) is 8.37. The third-order valence-corrected chi connectivity index (χ3v) is 3.74. The molecule has 1 aliphatic rings. The lowest BCUT2D eigenvalue weighted by atomic mass is 9.96. The van der Waals surface area contributed by atoms with Gasteiger partial charge in [-0.3, -0.25) is 0 Å². The number of hydrogen-bond acceptors (Lipinski definition) is 4. The van der Waals surface area contributed by atoms with Gasteiger partial charge in [0, 0.05) is 26.6 Å². The van der Waals surface area contributed by atoms with Gasteiger partial charge in [0.25, 0.3) is 0 Å². The van der Waals surface area contributed by atoms with Crippen molar-refractivity contribution in [1.82, 2.24) is 5.32 Å². The van der Waals surface area contributed by atoms with Crippen molar-refractivity contribution in [3.63, 3.8) is 0 Å². The van der Waals surface area contributed by atoms with E-state index in [0.717, 1.165) is 18.8 Å². The van der Waals surface area contributed by atoms with Crippen LogP contribution in [0.4, 0.5) is 0 Å². The molecule has 0 radical (unpaired) electrons. The molecule has 2 rings (SSSR count).